The summed E-state index contributed by atoms with van der Waals surface area (Å²) in [5, 5.41) is 2.58. The second-order valence-corrected chi connectivity index (χ2v) is 5.90. The number of ketones is 1. The van der Waals surface area contributed by atoms with E-state index in [2.05, 4.69) is 5.32 Å². The molecule has 0 fully saturated rings. The molecule has 1 atom stereocenters. The van der Waals surface area contributed by atoms with Crippen molar-refractivity contribution in [1.82, 2.24) is 5.32 Å². The van der Waals surface area contributed by atoms with Crippen LogP contribution in [0.15, 0.2) is 11.5 Å². The van der Waals surface area contributed by atoms with E-state index in [0.29, 0.717) is 25.5 Å². The van der Waals surface area contributed by atoms with Crippen LogP contribution < -0.4 is 5.32 Å². The van der Waals surface area contributed by atoms with E-state index in [1.165, 1.54) is 0 Å². The summed E-state index contributed by atoms with van der Waals surface area (Å²) in [4.78, 5) is 23.0. The number of hydrogen-bond donors (Lipinski definition) is 1. The van der Waals surface area contributed by atoms with Crippen molar-refractivity contribution in [2.75, 3.05) is 26.4 Å². The highest BCUT2D eigenvalue weighted by atomic mass is 16.6. The Labute approximate surface area is 130 Å². The molecule has 1 N–H and O–H groups in total. The number of carbonyl (C=O) groups is 2. The molecule has 0 aromatic heterocycles. The lowest BCUT2D eigenvalue weighted by atomic mass is 10.2. The quantitative estimate of drug-likeness (QED) is 0.721. The zero-order valence-corrected chi connectivity index (χ0v) is 13.9. The fourth-order valence-electron chi connectivity index (χ4n) is 1.75. The van der Waals surface area contributed by atoms with E-state index in [0.717, 1.165) is 0 Å². The maximum absolute atomic E-state index is 11.7. The maximum atomic E-state index is 11.7. The molecule has 0 saturated carbocycles. The Morgan fingerprint density at radius 3 is 2.50 bits per heavy atom. The van der Waals surface area contributed by atoms with E-state index in [9.17, 15) is 9.59 Å². The van der Waals surface area contributed by atoms with Gasteiger partial charge in [0.2, 0.25) is 11.5 Å². The van der Waals surface area contributed by atoms with Crippen molar-refractivity contribution in [2.45, 2.75) is 46.3 Å². The molecule has 1 amide bonds. The molecule has 1 aliphatic heterocycles. The third-order valence-electron chi connectivity index (χ3n) is 2.66. The minimum Gasteiger partial charge on any atom is -0.484 e. The molecule has 22 heavy (non-hydrogen) atoms. The van der Waals surface area contributed by atoms with Crippen LogP contribution in [-0.2, 0) is 23.7 Å². The van der Waals surface area contributed by atoms with Gasteiger partial charge in [-0.3, -0.25) is 4.79 Å². The molecule has 7 nitrogen and oxygen atoms in total. The van der Waals surface area contributed by atoms with Gasteiger partial charge in [0.1, 0.15) is 18.0 Å². The van der Waals surface area contributed by atoms with Crippen molar-refractivity contribution in [1.29, 1.82) is 0 Å². The molecule has 0 saturated heterocycles. The van der Waals surface area contributed by atoms with Crippen molar-refractivity contribution in [2.24, 2.45) is 0 Å². The summed E-state index contributed by atoms with van der Waals surface area (Å²) in [6.07, 6.45) is -0.954. The van der Waals surface area contributed by atoms with Crippen molar-refractivity contribution in [3.63, 3.8) is 0 Å². The fraction of sp³-hybridized carbons (Fsp3) is 0.733. The number of ether oxygens (including phenoxy) is 4. The van der Waals surface area contributed by atoms with Crippen LogP contribution >= 0.6 is 0 Å². The van der Waals surface area contributed by atoms with E-state index < -0.39 is 17.8 Å². The Kier molecular flexibility index (Phi) is 6.67. The van der Waals surface area contributed by atoms with Crippen molar-refractivity contribution < 1.29 is 28.5 Å². The Morgan fingerprint density at radius 1 is 1.27 bits per heavy atom. The number of hydrogen-bond acceptors (Lipinski definition) is 6. The second kappa shape index (κ2) is 8.03. The molecule has 0 radical (unpaired) electrons. The van der Waals surface area contributed by atoms with Gasteiger partial charge in [-0.25, -0.2) is 4.79 Å². The molecule has 0 bridgehead atoms. The number of rotatable bonds is 7. The average molecular weight is 315 g/mol. The largest absolute Gasteiger partial charge is 0.484 e. The summed E-state index contributed by atoms with van der Waals surface area (Å²) in [5.74, 6) is 0.621. The average Bonchev–Trinajstić information content (AvgIpc) is 2.61. The lowest BCUT2D eigenvalue weighted by molar-refractivity contribution is -0.123. The monoisotopic (exact) mass is 315 g/mol. The summed E-state index contributed by atoms with van der Waals surface area (Å²) in [7, 11) is 0. The van der Waals surface area contributed by atoms with E-state index in [4.69, 9.17) is 18.9 Å². The zero-order chi connectivity index (χ0) is 16.8. The SMILES string of the molecule is CC1=C(OCCOCCNC(=O)OC(C)(C)C)C(=O)C(C)O1. The van der Waals surface area contributed by atoms with Crippen LogP contribution in [0.1, 0.15) is 34.6 Å². The second-order valence-electron chi connectivity index (χ2n) is 5.90. The van der Waals surface area contributed by atoms with Crippen LogP contribution in [0.25, 0.3) is 0 Å². The van der Waals surface area contributed by atoms with Gasteiger partial charge in [0.25, 0.3) is 0 Å². The van der Waals surface area contributed by atoms with Gasteiger partial charge in [-0.05, 0) is 34.6 Å². The molecule has 126 valence electrons. The molecule has 0 aliphatic carbocycles. The Hall–Kier alpha value is -1.76. The highest BCUT2D eigenvalue weighted by Crippen LogP contribution is 2.21. The topological polar surface area (TPSA) is 83.1 Å². The Morgan fingerprint density at radius 2 is 1.95 bits per heavy atom. The number of carbonyl (C=O) groups excluding carboxylic acids is 2. The van der Waals surface area contributed by atoms with E-state index in [-0.39, 0.29) is 18.1 Å². The first-order valence-corrected chi connectivity index (χ1v) is 7.30. The lowest BCUT2D eigenvalue weighted by Gasteiger charge is -2.19. The molecule has 1 aliphatic rings. The van der Waals surface area contributed by atoms with Gasteiger partial charge in [0.05, 0.1) is 13.2 Å². The van der Waals surface area contributed by atoms with Crippen molar-refractivity contribution >= 4 is 11.9 Å². The van der Waals surface area contributed by atoms with Crippen molar-refractivity contribution in [3.8, 4) is 0 Å². The molecule has 1 heterocycles. The van der Waals surface area contributed by atoms with E-state index in [1.807, 2.05) is 0 Å². The molecule has 0 aromatic rings. The van der Waals surface area contributed by atoms with E-state index >= 15 is 0 Å². The molecule has 1 rings (SSSR count). The summed E-state index contributed by atoms with van der Waals surface area (Å²) < 4.78 is 21.0. The first-order chi connectivity index (χ1) is 10.2. The van der Waals surface area contributed by atoms with Crippen molar-refractivity contribution in [3.05, 3.63) is 11.5 Å². The number of nitrogens with one attached hydrogen (secondary N) is 1. The van der Waals surface area contributed by atoms with Gasteiger partial charge in [0, 0.05) is 6.54 Å². The smallest absolute Gasteiger partial charge is 0.407 e. The van der Waals surface area contributed by atoms with Crippen LogP contribution in [-0.4, -0.2) is 49.9 Å². The molecular weight excluding hydrogens is 290 g/mol. The highest BCUT2D eigenvalue weighted by molar-refractivity contribution is 5.99. The standard InChI is InChI=1S/C15H25NO6/c1-10-12(17)13(11(2)21-10)20-9-8-19-7-6-16-14(18)22-15(3,4)5/h10H,6-9H2,1-5H3,(H,16,18). The molecule has 0 spiro atoms. The van der Waals surface area contributed by atoms with Crippen LogP contribution in [0.4, 0.5) is 4.79 Å². The lowest BCUT2D eigenvalue weighted by Crippen LogP contribution is -2.34. The molecule has 1 unspecified atom stereocenters. The first kappa shape index (κ1) is 18.3. The van der Waals surface area contributed by atoms with Gasteiger partial charge in [-0.15, -0.1) is 0 Å². The number of amides is 1. The molecule has 0 aromatic carbocycles. The highest BCUT2D eigenvalue weighted by Gasteiger charge is 2.30. The molecule has 7 heteroatoms. The van der Waals surface area contributed by atoms with Gasteiger partial charge < -0.3 is 24.3 Å². The summed E-state index contributed by atoms with van der Waals surface area (Å²) in [6, 6.07) is 0. The zero-order valence-electron chi connectivity index (χ0n) is 13.9. The Bertz CT molecular complexity index is 438. The third-order valence-corrected chi connectivity index (χ3v) is 2.66. The minimum atomic E-state index is -0.516. The minimum absolute atomic E-state index is 0.149. The maximum Gasteiger partial charge on any atom is 0.407 e. The predicted octanol–water partition coefficient (Wildman–Crippen LogP) is 1.76. The van der Waals surface area contributed by atoms with Gasteiger partial charge >= 0.3 is 6.09 Å². The first-order valence-electron chi connectivity index (χ1n) is 7.30. The van der Waals surface area contributed by atoms with Gasteiger partial charge in [-0.1, -0.05) is 0 Å². The van der Waals surface area contributed by atoms with Crippen LogP contribution in [0.5, 0.6) is 0 Å². The van der Waals surface area contributed by atoms with E-state index in [1.54, 1.807) is 34.6 Å². The number of allylic oxidation sites excluding steroid dienone is 1. The predicted molar refractivity (Wildman–Crippen MR) is 79.3 cm³/mol. The third kappa shape index (κ3) is 6.34. The fourth-order valence-corrected chi connectivity index (χ4v) is 1.75. The summed E-state index contributed by atoms with van der Waals surface area (Å²) in [6.45, 7) is 10.0. The summed E-state index contributed by atoms with van der Waals surface area (Å²) >= 11 is 0. The Balaban J connectivity index is 2.06. The molecular formula is C15H25NO6. The number of alkyl carbamates (subject to hydrolysis) is 1. The summed E-state index contributed by atoms with van der Waals surface area (Å²) in [5.41, 5.74) is -0.516. The van der Waals surface area contributed by atoms with Crippen LogP contribution in [0.2, 0.25) is 0 Å². The van der Waals surface area contributed by atoms with Gasteiger partial charge in [0.15, 0.2) is 6.10 Å². The van der Waals surface area contributed by atoms with Gasteiger partial charge in [-0.2, -0.15) is 0 Å². The number of Topliss-reactive ketones (excluding diaryl/α,β-unsaturated/α-hetero) is 1. The normalized spacial score (nSPS) is 18.2. The van der Waals surface area contributed by atoms with Crippen LogP contribution in [0, 0.1) is 0 Å². The van der Waals surface area contributed by atoms with Crippen LogP contribution in [0.3, 0.4) is 0 Å².